The zero-order valence-electron chi connectivity index (χ0n) is 18.1. The number of nitrogens with zero attached hydrogens (tertiary/aromatic N) is 2. The Kier molecular flexibility index (Phi) is 6.05. The van der Waals surface area contributed by atoms with E-state index in [0.29, 0.717) is 25.3 Å². The van der Waals surface area contributed by atoms with E-state index in [2.05, 4.69) is 0 Å². The van der Waals surface area contributed by atoms with Crippen LogP contribution in [-0.2, 0) is 14.3 Å². The highest BCUT2D eigenvalue weighted by Crippen LogP contribution is 2.52. The van der Waals surface area contributed by atoms with Crippen molar-refractivity contribution in [3.63, 3.8) is 0 Å². The van der Waals surface area contributed by atoms with E-state index in [0.717, 1.165) is 25.7 Å². The topological polar surface area (TPSA) is 70.1 Å². The summed E-state index contributed by atoms with van der Waals surface area (Å²) < 4.78 is 44.0. The lowest BCUT2D eigenvalue weighted by Gasteiger charge is -2.54. The van der Waals surface area contributed by atoms with E-state index in [1.54, 1.807) is 4.90 Å². The van der Waals surface area contributed by atoms with Gasteiger partial charge in [0.1, 0.15) is 6.61 Å². The summed E-state index contributed by atoms with van der Waals surface area (Å²) in [6.07, 6.45) is 0.227. The number of morpholine rings is 1. The highest BCUT2D eigenvalue weighted by atomic mass is 19.4. The third-order valence-corrected chi connectivity index (χ3v) is 7.88. The third kappa shape index (κ3) is 4.72. The molecule has 2 heterocycles. The highest BCUT2D eigenvalue weighted by molar-refractivity contribution is 5.79. The summed E-state index contributed by atoms with van der Waals surface area (Å²) in [5.41, 5.74) is -1.72. The predicted molar refractivity (Wildman–Crippen MR) is 106 cm³/mol. The first-order valence-electron chi connectivity index (χ1n) is 11.5. The van der Waals surface area contributed by atoms with Crippen molar-refractivity contribution < 1.29 is 32.6 Å². The number of piperidine rings is 1. The van der Waals surface area contributed by atoms with Gasteiger partial charge in [-0.1, -0.05) is 19.8 Å². The molecule has 176 valence electrons. The molecule has 6 nitrogen and oxygen atoms in total. The lowest BCUT2D eigenvalue weighted by molar-refractivity contribution is -0.181. The van der Waals surface area contributed by atoms with Crippen LogP contribution < -0.4 is 0 Å². The average molecular weight is 447 g/mol. The number of amides is 2. The fourth-order valence-electron chi connectivity index (χ4n) is 5.90. The van der Waals surface area contributed by atoms with Crippen LogP contribution in [0.25, 0.3) is 0 Å². The Balaban J connectivity index is 1.47. The number of ether oxygens (including phenoxy) is 1. The van der Waals surface area contributed by atoms with Crippen LogP contribution in [0.4, 0.5) is 13.2 Å². The number of β-amino-alcohol motifs (C(OH)–C–C–N with tert-alkyl or cyclic N) is 1. The van der Waals surface area contributed by atoms with Gasteiger partial charge in [-0.15, -0.1) is 0 Å². The maximum Gasteiger partial charge on any atom is 0.389 e. The zero-order valence-corrected chi connectivity index (χ0v) is 18.1. The number of halogens is 3. The first kappa shape index (κ1) is 22.8. The normalized spacial score (nSPS) is 32.5. The van der Waals surface area contributed by atoms with Gasteiger partial charge in [-0.3, -0.25) is 9.59 Å². The van der Waals surface area contributed by atoms with Crippen molar-refractivity contribution in [3.05, 3.63) is 0 Å². The standard InChI is InChI=1S/C22H33F3N2O4/c1-15(10-22(23,24)25)19(29)26-9-8-21(30,20(13-26)6-2-3-7-20)14-27-11-17(16-4-5-16)31-12-18(27)28/h15-17,30H,2-14H2,1H3. The quantitative estimate of drug-likeness (QED) is 0.705. The number of carbonyl (C=O) groups is 2. The van der Waals surface area contributed by atoms with Crippen LogP contribution in [-0.4, -0.2) is 77.4 Å². The largest absolute Gasteiger partial charge is 0.389 e. The van der Waals surface area contributed by atoms with Crippen molar-refractivity contribution >= 4 is 11.8 Å². The molecule has 0 bridgehead atoms. The second-order valence-electron chi connectivity index (χ2n) is 10.2. The Labute approximate surface area is 181 Å². The molecule has 0 radical (unpaired) electrons. The smallest absolute Gasteiger partial charge is 0.387 e. The predicted octanol–water partition coefficient (Wildman–Crippen LogP) is 2.74. The van der Waals surface area contributed by atoms with Gasteiger partial charge in [-0.05, 0) is 38.0 Å². The minimum Gasteiger partial charge on any atom is -0.387 e. The lowest BCUT2D eigenvalue weighted by atomic mass is 9.65. The van der Waals surface area contributed by atoms with E-state index < -0.39 is 35.4 Å². The van der Waals surface area contributed by atoms with Crippen molar-refractivity contribution in [1.29, 1.82) is 0 Å². The summed E-state index contributed by atoms with van der Waals surface area (Å²) in [5.74, 6) is -1.28. The minimum absolute atomic E-state index is 0.0192. The third-order valence-electron chi connectivity index (χ3n) is 7.88. The second kappa shape index (κ2) is 8.21. The lowest BCUT2D eigenvalue weighted by Crippen LogP contribution is -2.66. The number of likely N-dealkylation sites (tertiary alicyclic amines) is 1. The summed E-state index contributed by atoms with van der Waals surface area (Å²) >= 11 is 0. The molecule has 4 fully saturated rings. The van der Waals surface area contributed by atoms with E-state index in [1.165, 1.54) is 11.8 Å². The minimum atomic E-state index is -4.38. The zero-order chi connectivity index (χ0) is 22.4. The van der Waals surface area contributed by atoms with Gasteiger partial charge in [0.25, 0.3) is 0 Å². The van der Waals surface area contributed by atoms with Crippen molar-refractivity contribution in [2.45, 2.75) is 76.2 Å². The number of rotatable bonds is 5. The SMILES string of the molecule is CC(CC(F)(F)F)C(=O)N1CCC(O)(CN2CC(C3CC3)OCC2=O)C2(CCCC2)C1. The number of carbonyl (C=O) groups excluding carboxylic acids is 2. The average Bonchev–Trinajstić information content (AvgIpc) is 3.43. The molecule has 0 aromatic rings. The molecule has 1 spiro atoms. The molecule has 0 aromatic heterocycles. The van der Waals surface area contributed by atoms with E-state index in [4.69, 9.17) is 4.74 Å². The fraction of sp³-hybridized carbons (Fsp3) is 0.909. The number of aliphatic hydroxyl groups is 1. The van der Waals surface area contributed by atoms with Crippen LogP contribution in [0.15, 0.2) is 0 Å². The molecule has 4 rings (SSSR count). The second-order valence-corrected chi connectivity index (χ2v) is 10.2. The van der Waals surface area contributed by atoms with E-state index in [1.807, 2.05) is 0 Å². The molecule has 0 aromatic carbocycles. The monoisotopic (exact) mass is 446 g/mol. The highest BCUT2D eigenvalue weighted by Gasteiger charge is 2.57. The van der Waals surface area contributed by atoms with Gasteiger partial charge in [0.05, 0.1) is 24.7 Å². The summed E-state index contributed by atoms with van der Waals surface area (Å²) in [6.45, 7) is 2.51. The first-order valence-corrected chi connectivity index (χ1v) is 11.5. The van der Waals surface area contributed by atoms with Crippen molar-refractivity contribution in [3.8, 4) is 0 Å². The van der Waals surface area contributed by atoms with E-state index in [9.17, 15) is 27.9 Å². The van der Waals surface area contributed by atoms with E-state index in [-0.39, 0.29) is 44.7 Å². The maximum absolute atomic E-state index is 12.8. The van der Waals surface area contributed by atoms with Crippen molar-refractivity contribution in [1.82, 2.24) is 9.80 Å². The number of alkyl halides is 3. The molecule has 3 atom stereocenters. The molecule has 1 N–H and O–H groups in total. The fourth-order valence-corrected chi connectivity index (χ4v) is 5.90. The van der Waals surface area contributed by atoms with Crippen LogP contribution in [0.2, 0.25) is 0 Å². The summed E-state index contributed by atoms with van der Waals surface area (Å²) in [5, 5.41) is 11.8. The Morgan fingerprint density at radius 3 is 2.55 bits per heavy atom. The van der Waals surface area contributed by atoms with Crippen LogP contribution in [0.1, 0.15) is 58.3 Å². The molecule has 3 unspecified atom stereocenters. The van der Waals surface area contributed by atoms with Gasteiger partial charge in [0.2, 0.25) is 11.8 Å². The molecule has 2 saturated carbocycles. The molecule has 2 amide bonds. The molecule has 31 heavy (non-hydrogen) atoms. The van der Waals surface area contributed by atoms with Crippen LogP contribution in [0.5, 0.6) is 0 Å². The molecular weight excluding hydrogens is 413 g/mol. The van der Waals surface area contributed by atoms with Crippen LogP contribution in [0, 0.1) is 17.3 Å². The van der Waals surface area contributed by atoms with Gasteiger partial charge in [0.15, 0.2) is 0 Å². The van der Waals surface area contributed by atoms with Crippen molar-refractivity contribution in [2.75, 3.05) is 32.8 Å². The number of hydrogen-bond donors (Lipinski definition) is 1. The van der Waals surface area contributed by atoms with Gasteiger partial charge in [0, 0.05) is 31.0 Å². The Morgan fingerprint density at radius 1 is 1.26 bits per heavy atom. The van der Waals surface area contributed by atoms with Crippen LogP contribution in [0.3, 0.4) is 0 Å². The first-order chi connectivity index (χ1) is 14.5. The van der Waals surface area contributed by atoms with Crippen molar-refractivity contribution in [2.24, 2.45) is 17.3 Å². The van der Waals surface area contributed by atoms with Gasteiger partial charge in [-0.2, -0.15) is 13.2 Å². The van der Waals surface area contributed by atoms with Gasteiger partial charge >= 0.3 is 6.18 Å². The van der Waals surface area contributed by atoms with Gasteiger partial charge < -0.3 is 19.6 Å². The summed E-state index contributed by atoms with van der Waals surface area (Å²) in [4.78, 5) is 28.5. The molecular formula is C22H33F3N2O4. The van der Waals surface area contributed by atoms with Crippen LogP contribution >= 0.6 is 0 Å². The molecule has 2 aliphatic heterocycles. The molecule has 9 heteroatoms. The Morgan fingerprint density at radius 2 is 1.94 bits per heavy atom. The number of hydrogen-bond acceptors (Lipinski definition) is 4. The Hall–Kier alpha value is -1.35. The maximum atomic E-state index is 12.8. The Bertz CT molecular complexity index is 705. The summed E-state index contributed by atoms with van der Waals surface area (Å²) in [6, 6.07) is 0. The van der Waals surface area contributed by atoms with Gasteiger partial charge in [-0.25, -0.2) is 0 Å². The van der Waals surface area contributed by atoms with E-state index >= 15 is 0 Å². The molecule has 2 aliphatic carbocycles. The summed E-state index contributed by atoms with van der Waals surface area (Å²) in [7, 11) is 0. The molecule has 4 aliphatic rings. The molecule has 2 saturated heterocycles.